The summed E-state index contributed by atoms with van der Waals surface area (Å²) >= 11 is 0. The number of hydrogen-bond donors (Lipinski definition) is 2. The van der Waals surface area contributed by atoms with Gasteiger partial charge in [-0.25, -0.2) is 13.4 Å². The highest BCUT2D eigenvalue weighted by molar-refractivity contribution is 7.91. The molecule has 58 heavy (non-hydrogen) atoms. The molecule has 5 aliphatic rings. The summed E-state index contributed by atoms with van der Waals surface area (Å²) in [5, 5.41) is 3.07. The third-order valence-electron chi connectivity index (χ3n) is 12.4. The zero-order valence-corrected chi connectivity index (χ0v) is 33.9. The molecule has 4 fully saturated rings. The molecule has 2 aliphatic carbocycles. The lowest BCUT2D eigenvalue weighted by Gasteiger charge is -2.31. The van der Waals surface area contributed by atoms with Crippen LogP contribution in [-0.2, 0) is 29.2 Å². The summed E-state index contributed by atoms with van der Waals surface area (Å²) < 4.78 is 40.4. The Labute approximate surface area is 340 Å². The Bertz CT molecular complexity index is 2190. The topological polar surface area (TPSA) is 164 Å². The number of ether oxygens (including phenoxy) is 2. The number of methoxy groups -OCH3 is 1. The van der Waals surface area contributed by atoms with Crippen LogP contribution in [0.2, 0.25) is 0 Å². The fourth-order valence-corrected chi connectivity index (χ4v) is 10.2. The molecule has 8 rings (SSSR count). The van der Waals surface area contributed by atoms with Gasteiger partial charge >= 0.3 is 0 Å². The minimum Gasteiger partial charge on any atom is -0.497 e. The Morgan fingerprint density at radius 2 is 1.74 bits per heavy atom. The zero-order chi connectivity index (χ0) is 40.4. The summed E-state index contributed by atoms with van der Waals surface area (Å²) in [6, 6.07) is 16.1. The van der Waals surface area contributed by atoms with E-state index in [1.165, 1.54) is 4.90 Å². The minimum absolute atomic E-state index is 0.0488. The first-order valence-electron chi connectivity index (χ1n) is 20.9. The van der Waals surface area contributed by atoms with Crippen molar-refractivity contribution in [2.24, 2.45) is 11.8 Å². The molecule has 0 spiro atoms. The summed E-state index contributed by atoms with van der Waals surface area (Å²) in [6.45, 7) is 1.43. The molecule has 0 bridgehead atoms. The summed E-state index contributed by atoms with van der Waals surface area (Å²) in [6.07, 6.45) is 11.3. The van der Waals surface area contributed by atoms with Crippen LogP contribution in [0, 0.1) is 11.8 Å². The number of allylic oxidation sites excluding steroid dienone is 1. The van der Waals surface area contributed by atoms with Crippen molar-refractivity contribution in [3.63, 3.8) is 0 Å². The first-order valence-corrected chi connectivity index (χ1v) is 22.4. The van der Waals surface area contributed by atoms with E-state index in [2.05, 4.69) is 10.0 Å². The number of sulfonamides is 1. The number of benzene rings is 2. The van der Waals surface area contributed by atoms with E-state index in [0.717, 1.165) is 55.9 Å². The van der Waals surface area contributed by atoms with Crippen LogP contribution in [0.1, 0.15) is 83.5 Å². The molecule has 3 aromatic rings. The Hall–Kier alpha value is -4.98. The molecular formula is C44H53N5O8S. The number of likely N-dealkylation sites (tertiary alicyclic amines) is 1. The van der Waals surface area contributed by atoms with Gasteiger partial charge in [0.1, 0.15) is 29.2 Å². The van der Waals surface area contributed by atoms with E-state index in [-0.39, 0.29) is 37.6 Å². The third-order valence-corrected chi connectivity index (χ3v) is 14.2. The van der Waals surface area contributed by atoms with Crippen molar-refractivity contribution in [2.45, 2.75) is 106 Å². The molecule has 2 saturated carbocycles. The zero-order valence-electron chi connectivity index (χ0n) is 33.1. The maximum absolute atomic E-state index is 14.8. The number of hydrogen-bond acceptors (Lipinski definition) is 9. The van der Waals surface area contributed by atoms with Gasteiger partial charge in [0.25, 0.3) is 5.91 Å². The number of fused-ring (bicyclic) bond motifs is 3. The number of carbonyl (C=O) groups is 4. The molecule has 4 heterocycles. The van der Waals surface area contributed by atoms with Crippen molar-refractivity contribution in [3.05, 3.63) is 66.7 Å². The standard InChI is InChI=1S/C44H53N5O8S/c1-56-32-17-20-35-37(24-32)45-36(29-13-8-5-9-14-29)26-39(35)57-33-25-38-41(51)46-44(43(53)47-58(54,55)34-18-19-34)27-31(44)16-10-4-2-3-7-15-30(42(52)49(38)28-33)23-40(50)48-21-11-6-12-22-48/h5,8-10,13-14,16-17,20,24,26,30-31,33-34,38H,2-4,6-7,11-12,15,18-19,21-23,25,27-28H2,1H3,(H,46,51)(H,47,53)/b16-10-/t30-,31+,33-,38+,44+/m1/s1. The van der Waals surface area contributed by atoms with E-state index in [9.17, 15) is 27.6 Å². The predicted octanol–water partition coefficient (Wildman–Crippen LogP) is 5.28. The van der Waals surface area contributed by atoms with Crippen LogP contribution in [0.5, 0.6) is 11.5 Å². The fraction of sp³-hybridized carbons (Fsp3) is 0.523. The van der Waals surface area contributed by atoms with Crippen molar-refractivity contribution in [1.29, 1.82) is 0 Å². The lowest BCUT2D eigenvalue weighted by atomic mass is 9.94. The predicted molar refractivity (Wildman–Crippen MR) is 218 cm³/mol. The van der Waals surface area contributed by atoms with Crippen molar-refractivity contribution < 1.29 is 37.1 Å². The lowest BCUT2D eigenvalue weighted by Crippen LogP contribution is -2.57. The van der Waals surface area contributed by atoms with E-state index in [1.807, 2.05) is 71.6 Å². The molecule has 0 unspecified atom stereocenters. The second kappa shape index (κ2) is 16.7. The van der Waals surface area contributed by atoms with Crippen LogP contribution in [0.3, 0.4) is 0 Å². The van der Waals surface area contributed by atoms with Gasteiger partial charge in [0.05, 0.1) is 30.1 Å². The van der Waals surface area contributed by atoms with E-state index in [4.69, 9.17) is 14.5 Å². The molecule has 5 atom stereocenters. The highest BCUT2D eigenvalue weighted by Gasteiger charge is 2.62. The Kier molecular flexibility index (Phi) is 11.5. The molecule has 0 radical (unpaired) electrons. The number of rotatable bonds is 9. The minimum atomic E-state index is -3.88. The van der Waals surface area contributed by atoms with Gasteiger partial charge in [-0.2, -0.15) is 0 Å². The molecule has 14 heteroatoms. The number of nitrogens with one attached hydrogen (secondary N) is 2. The number of carbonyl (C=O) groups excluding carboxylic acids is 4. The number of aromatic nitrogens is 1. The molecule has 2 N–H and O–H groups in total. The lowest BCUT2D eigenvalue weighted by molar-refractivity contribution is -0.145. The van der Waals surface area contributed by atoms with E-state index >= 15 is 0 Å². The molecule has 4 amide bonds. The average Bonchev–Trinajstić information content (AvgIpc) is 4.16. The van der Waals surface area contributed by atoms with E-state index < -0.39 is 56.6 Å². The number of piperidine rings is 1. The Balaban J connectivity index is 1.12. The van der Waals surface area contributed by atoms with Crippen LogP contribution >= 0.6 is 0 Å². The molecule has 308 valence electrons. The maximum Gasteiger partial charge on any atom is 0.259 e. The average molecular weight is 812 g/mol. The number of amides is 4. The van der Waals surface area contributed by atoms with Crippen molar-refractivity contribution >= 4 is 44.6 Å². The second-order valence-corrected chi connectivity index (χ2v) is 18.6. The van der Waals surface area contributed by atoms with Gasteiger partial charge in [-0.05, 0) is 69.9 Å². The summed E-state index contributed by atoms with van der Waals surface area (Å²) in [5.41, 5.74) is 0.733. The van der Waals surface area contributed by atoms with Gasteiger partial charge < -0.3 is 24.6 Å². The first kappa shape index (κ1) is 39.8. The van der Waals surface area contributed by atoms with E-state index in [1.54, 1.807) is 7.11 Å². The highest BCUT2D eigenvalue weighted by Crippen LogP contribution is 2.46. The maximum atomic E-state index is 14.8. The number of pyridine rings is 1. The van der Waals surface area contributed by atoms with Crippen LogP contribution in [-0.4, -0.2) is 96.5 Å². The normalized spacial score (nSPS) is 27.3. The fourth-order valence-electron chi connectivity index (χ4n) is 8.80. The quantitative estimate of drug-likeness (QED) is 0.274. The molecular weight excluding hydrogens is 759 g/mol. The van der Waals surface area contributed by atoms with Crippen LogP contribution < -0.4 is 19.5 Å². The largest absolute Gasteiger partial charge is 0.497 e. The van der Waals surface area contributed by atoms with Gasteiger partial charge in [0, 0.05) is 60.8 Å². The molecule has 3 aliphatic heterocycles. The van der Waals surface area contributed by atoms with Crippen LogP contribution in [0.4, 0.5) is 0 Å². The van der Waals surface area contributed by atoms with Gasteiger partial charge in [-0.15, -0.1) is 0 Å². The second-order valence-electron chi connectivity index (χ2n) is 16.6. The molecule has 1 aromatic heterocycles. The van der Waals surface area contributed by atoms with E-state index in [0.29, 0.717) is 55.1 Å². The molecule has 13 nitrogen and oxygen atoms in total. The SMILES string of the molecule is COc1ccc2c(O[C@@H]3C[C@H]4C(=O)N[C@@]5(C(=O)NS(=O)(=O)C6CC6)C[C@@H]5/C=C\CCCCC[C@H](CC(=O)N5CCCCC5)C(=O)N4C3)cc(-c3ccccc3)nc2c1. The molecule has 2 aromatic carbocycles. The number of nitrogens with zero attached hydrogens (tertiary/aromatic N) is 3. The van der Waals surface area contributed by atoms with Gasteiger partial charge in [-0.3, -0.25) is 23.9 Å². The van der Waals surface area contributed by atoms with Gasteiger partial charge in [0.2, 0.25) is 27.7 Å². The summed E-state index contributed by atoms with van der Waals surface area (Å²) in [7, 11) is -2.29. The smallest absolute Gasteiger partial charge is 0.259 e. The van der Waals surface area contributed by atoms with Gasteiger partial charge in [0.15, 0.2) is 0 Å². The van der Waals surface area contributed by atoms with Crippen molar-refractivity contribution in [3.8, 4) is 22.8 Å². The molecule has 2 saturated heterocycles. The summed E-state index contributed by atoms with van der Waals surface area (Å²) in [5.74, 6) is -1.54. The van der Waals surface area contributed by atoms with Crippen LogP contribution in [0.25, 0.3) is 22.2 Å². The third kappa shape index (κ3) is 8.57. The van der Waals surface area contributed by atoms with Crippen LogP contribution in [0.15, 0.2) is 66.7 Å². The monoisotopic (exact) mass is 811 g/mol. The Morgan fingerprint density at radius 1 is 0.966 bits per heavy atom. The first-order chi connectivity index (χ1) is 28.0. The van der Waals surface area contributed by atoms with Gasteiger partial charge in [-0.1, -0.05) is 55.3 Å². The Morgan fingerprint density at radius 3 is 2.50 bits per heavy atom. The van der Waals surface area contributed by atoms with Crippen molar-refractivity contribution in [2.75, 3.05) is 26.7 Å². The summed E-state index contributed by atoms with van der Waals surface area (Å²) in [4.78, 5) is 65.3. The highest BCUT2D eigenvalue weighted by atomic mass is 32.2. The van der Waals surface area contributed by atoms with Crippen molar-refractivity contribution in [1.82, 2.24) is 24.8 Å².